The van der Waals surface area contributed by atoms with Crippen molar-refractivity contribution in [2.24, 2.45) is 7.05 Å². The molecule has 4 heteroatoms. The number of aromatic nitrogens is 2. The van der Waals surface area contributed by atoms with Crippen LogP contribution in [-0.4, -0.2) is 28.0 Å². The zero-order valence-corrected chi connectivity index (χ0v) is 12.9. The molecule has 108 valence electrons. The van der Waals surface area contributed by atoms with Gasteiger partial charge in [0.1, 0.15) is 11.3 Å². The summed E-state index contributed by atoms with van der Waals surface area (Å²) in [6.07, 6.45) is 4.69. The summed E-state index contributed by atoms with van der Waals surface area (Å²) in [6.45, 7) is 9.50. The van der Waals surface area contributed by atoms with Crippen molar-refractivity contribution in [1.82, 2.24) is 15.1 Å². The molecule has 1 aromatic rings. The van der Waals surface area contributed by atoms with Gasteiger partial charge < -0.3 is 10.1 Å². The molecule has 1 aliphatic carbocycles. The summed E-state index contributed by atoms with van der Waals surface area (Å²) < 4.78 is 8.28. The first-order valence-corrected chi connectivity index (χ1v) is 7.36. The summed E-state index contributed by atoms with van der Waals surface area (Å²) in [7, 11) is 1.98. The Morgan fingerprint density at radius 2 is 2.05 bits per heavy atom. The fourth-order valence-electron chi connectivity index (χ4n) is 2.68. The van der Waals surface area contributed by atoms with Gasteiger partial charge in [-0.1, -0.05) is 13.8 Å². The minimum Gasteiger partial charge on any atom is -0.483 e. The number of rotatable bonds is 6. The molecule has 0 bridgehead atoms. The lowest BCUT2D eigenvalue weighted by atomic mass is 9.77. The van der Waals surface area contributed by atoms with E-state index < -0.39 is 0 Å². The lowest BCUT2D eigenvalue weighted by Gasteiger charge is -2.42. The molecule has 1 aliphatic rings. The Morgan fingerprint density at radius 1 is 1.37 bits per heavy atom. The third-order valence-corrected chi connectivity index (χ3v) is 4.16. The average Bonchev–Trinajstić information content (AvgIpc) is 2.51. The Morgan fingerprint density at radius 3 is 2.47 bits per heavy atom. The van der Waals surface area contributed by atoms with Crippen molar-refractivity contribution in [2.45, 2.75) is 65.0 Å². The predicted octanol–water partition coefficient (Wildman–Crippen LogP) is 2.73. The molecule has 0 radical (unpaired) electrons. The SMILES string of the molecule is Cc1nn(C)c(C)c1OC1(CCNC(C)C)CCC1. The Kier molecular flexibility index (Phi) is 4.19. The zero-order chi connectivity index (χ0) is 14.0. The van der Waals surface area contributed by atoms with Gasteiger partial charge in [0.25, 0.3) is 0 Å². The summed E-state index contributed by atoms with van der Waals surface area (Å²) >= 11 is 0. The maximum atomic E-state index is 6.38. The van der Waals surface area contributed by atoms with Crippen LogP contribution in [0, 0.1) is 13.8 Å². The van der Waals surface area contributed by atoms with E-state index in [9.17, 15) is 0 Å². The molecule has 1 saturated carbocycles. The molecule has 4 nitrogen and oxygen atoms in total. The van der Waals surface area contributed by atoms with Crippen LogP contribution in [-0.2, 0) is 7.05 Å². The van der Waals surface area contributed by atoms with Crippen LogP contribution in [0.4, 0.5) is 0 Å². The molecule has 0 aromatic carbocycles. The first kappa shape index (κ1) is 14.4. The van der Waals surface area contributed by atoms with Crippen molar-refractivity contribution in [2.75, 3.05) is 6.54 Å². The predicted molar refractivity (Wildman–Crippen MR) is 77.6 cm³/mol. The van der Waals surface area contributed by atoms with Crippen molar-refractivity contribution in [3.63, 3.8) is 0 Å². The van der Waals surface area contributed by atoms with Crippen LogP contribution < -0.4 is 10.1 Å². The summed E-state index contributed by atoms with van der Waals surface area (Å²) in [6, 6.07) is 0.541. The Bertz CT molecular complexity index is 433. The second-order valence-corrected chi connectivity index (χ2v) is 6.12. The van der Waals surface area contributed by atoms with E-state index in [2.05, 4.69) is 31.2 Å². The zero-order valence-electron chi connectivity index (χ0n) is 12.9. The van der Waals surface area contributed by atoms with Crippen LogP contribution >= 0.6 is 0 Å². The molecule has 1 N–H and O–H groups in total. The minimum atomic E-state index is 0.0421. The van der Waals surface area contributed by atoms with E-state index in [1.165, 1.54) is 19.3 Å². The quantitative estimate of drug-likeness (QED) is 0.859. The van der Waals surface area contributed by atoms with E-state index in [1.54, 1.807) is 0 Å². The molecular formula is C15H27N3O. The van der Waals surface area contributed by atoms with Crippen LogP contribution in [0.1, 0.15) is 50.9 Å². The van der Waals surface area contributed by atoms with Gasteiger partial charge in [-0.05, 0) is 46.1 Å². The smallest absolute Gasteiger partial charge is 0.163 e. The normalized spacial score (nSPS) is 17.6. The van der Waals surface area contributed by atoms with Crippen LogP contribution in [0.5, 0.6) is 5.75 Å². The van der Waals surface area contributed by atoms with Gasteiger partial charge in [0.2, 0.25) is 0 Å². The molecule has 0 saturated heterocycles. The van der Waals surface area contributed by atoms with Crippen molar-refractivity contribution in [3.05, 3.63) is 11.4 Å². The van der Waals surface area contributed by atoms with Gasteiger partial charge in [-0.15, -0.1) is 0 Å². The van der Waals surface area contributed by atoms with E-state index in [0.717, 1.165) is 30.1 Å². The minimum absolute atomic E-state index is 0.0421. The van der Waals surface area contributed by atoms with Crippen LogP contribution in [0.15, 0.2) is 0 Å². The van der Waals surface area contributed by atoms with Crippen molar-refractivity contribution in [1.29, 1.82) is 0 Å². The van der Waals surface area contributed by atoms with E-state index in [1.807, 2.05) is 18.7 Å². The van der Waals surface area contributed by atoms with Gasteiger partial charge in [-0.25, -0.2) is 0 Å². The van der Waals surface area contributed by atoms with Gasteiger partial charge in [0, 0.05) is 13.1 Å². The van der Waals surface area contributed by atoms with E-state index >= 15 is 0 Å². The maximum Gasteiger partial charge on any atom is 0.163 e. The number of aryl methyl sites for hydroxylation is 2. The van der Waals surface area contributed by atoms with Crippen LogP contribution in [0.3, 0.4) is 0 Å². The van der Waals surface area contributed by atoms with E-state index in [4.69, 9.17) is 4.74 Å². The Balaban J connectivity index is 2.02. The highest BCUT2D eigenvalue weighted by molar-refractivity contribution is 5.32. The Labute approximate surface area is 116 Å². The lowest BCUT2D eigenvalue weighted by molar-refractivity contribution is -0.0156. The molecule has 1 heterocycles. The molecule has 0 aliphatic heterocycles. The van der Waals surface area contributed by atoms with Gasteiger partial charge in [0.05, 0.1) is 5.69 Å². The highest BCUT2D eigenvalue weighted by Crippen LogP contribution is 2.40. The molecule has 0 atom stereocenters. The number of hydrogen-bond acceptors (Lipinski definition) is 3. The first-order chi connectivity index (χ1) is 8.93. The average molecular weight is 265 g/mol. The summed E-state index contributed by atoms with van der Waals surface area (Å²) in [5, 5.41) is 7.93. The molecular weight excluding hydrogens is 238 g/mol. The van der Waals surface area contributed by atoms with Gasteiger partial charge in [0.15, 0.2) is 5.75 Å². The number of nitrogens with zero attached hydrogens (tertiary/aromatic N) is 2. The van der Waals surface area contributed by atoms with Gasteiger partial charge in [-0.3, -0.25) is 4.68 Å². The number of nitrogens with one attached hydrogen (secondary N) is 1. The monoisotopic (exact) mass is 265 g/mol. The molecule has 19 heavy (non-hydrogen) atoms. The maximum absolute atomic E-state index is 6.38. The molecule has 1 fully saturated rings. The molecule has 0 spiro atoms. The van der Waals surface area contributed by atoms with Crippen molar-refractivity contribution >= 4 is 0 Å². The fraction of sp³-hybridized carbons (Fsp3) is 0.800. The lowest BCUT2D eigenvalue weighted by Crippen LogP contribution is -2.46. The van der Waals surface area contributed by atoms with Crippen molar-refractivity contribution in [3.8, 4) is 5.75 Å². The van der Waals surface area contributed by atoms with E-state index in [0.29, 0.717) is 6.04 Å². The third kappa shape index (κ3) is 3.11. The molecule has 0 amide bonds. The van der Waals surface area contributed by atoms with Gasteiger partial charge >= 0.3 is 0 Å². The summed E-state index contributed by atoms with van der Waals surface area (Å²) in [5.41, 5.74) is 2.17. The second kappa shape index (κ2) is 5.53. The Hall–Kier alpha value is -1.03. The topological polar surface area (TPSA) is 39.1 Å². The second-order valence-electron chi connectivity index (χ2n) is 6.12. The van der Waals surface area contributed by atoms with E-state index in [-0.39, 0.29) is 5.60 Å². The fourth-order valence-corrected chi connectivity index (χ4v) is 2.68. The first-order valence-electron chi connectivity index (χ1n) is 7.36. The number of ether oxygens (including phenoxy) is 1. The molecule has 0 unspecified atom stereocenters. The van der Waals surface area contributed by atoms with Crippen molar-refractivity contribution < 1.29 is 4.74 Å². The van der Waals surface area contributed by atoms with Crippen LogP contribution in [0.2, 0.25) is 0 Å². The van der Waals surface area contributed by atoms with Gasteiger partial charge in [-0.2, -0.15) is 5.10 Å². The summed E-state index contributed by atoms with van der Waals surface area (Å²) in [4.78, 5) is 0. The highest BCUT2D eigenvalue weighted by atomic mass is 16.5. The largest absolute Gasteiger partial charge is 0.483 e. The number of hydrogen-bond donors (Lipinski definition) is 1. The third-order valence-electron chi connectivity index (χ3n) is 4.16. The highest BCUT2D eigenvalue weighted by Gasteiger charge is 2.40. The van der Waals surface area contributed by atoms with Crippen LogP contribution in [0.25, 0.3) is 0 Å². The standard InChI is InChI=1S/C15H27N3O/c1-11(2)16-10-9-15(7-6-8-15)19-14-12(3)17-18(5)13(14)4/h11,16H,6-10H2,1-5H3. The summed E-state index contributed by atoms with van der Waals surface area (Å²) in [5.74, 6) is 0.992. The molecule has 1 aromatic heterocycles. The molecule has 2 rings (SSSR count).